The third kappa shape index (κ3) is 4.43. The summed E-state index contributed by atoms with van der Waals surface area (Å²) < 4.78 is 27.1. The van der Waals surface area contributed by atoms with Crippen LogP contribution < -0.4 is 9.62 Å². The molecular formula is C20H26N2O3S. The number of carbonyl (C=O) groups excluding carboxylic acids is 1. The zero-order valence-electron chi connectivity index (χ0n) is 15.7. The molecule has 2 rings (SSSR count). The molecule has 5 nitrogen and oxygen atoms in total. The molecular weight excluding hydrogens is 348 g/mol. The van der Waals surface area contributed by atoms with Crippen molar-refractivity contribution in [2.75, 3.05) is 11.4 Å². The number of sulfonamides is 1. The Labute approximate surface area is 156 Å². The minimum Gasteiger partial charge on any atom is -0.349 e. The van der Waals surface area contributed by atoms with Crippen molar-refractivity contribution in [1.82, 2.24) is 5.32 Å². The number of rotatable bonds is 7. The van der Waals surface area contributed by atoms with Crippen LogP contribution in [0.25, 0.3) is 0 Å². The fraction of sp³-hybridized carbons (Fsp3) is 0.350. The van der Waals surface area contributed by atoms with E-state index in [2.05, 4.69) is 5.32 Å². The van der Waals surface area contributed by atoms with E-state index in [0.717, 1.165) is 18.4 Å². The Morgan fingerprint density at radius 2 is 1.69 bits per heavy atom. The quantitative estimate of drug-likeness (QED) is 0.803. The largest absolute Gasteiger partial charge is 0.349 e. The maximum absolute atomic E-state index is 12.9. The highest BCUT2D eigenvalue weighted by atomic mass is 32.2. The van der Waals surface area contributed by atoms with Crippen molar-refractivity contribution in [1.29, 1.82) is 0 Å². The minimum atomic E-state index is -3.75. The van der Waals surface area contributed by atoms with Gasteiger partial charge in [-0.25, -0.2) is 8.42 Å². The molecule has 2 aromatic carbocycles. The Kier molecular flexibility index (Phi) is 6.42. The highest BCUT2D eigenvalue weighted by Gasteiger charge is 2.22. The Morgan fingerprint density at radius 3 is 2.27 bits per heavy atom. The molecule has 0 aliphatic rings. The van der Waals surface area contributed by atoms with E-state index in [1.807, 2.05) is 32.9 Å². The number of aryl methyl sites for hydroxylation is 1. The number of anilines is 1. The Hall–Kier alpha value is -2.34. The van der Waals surface area contributed by atoms with Gasteiger partial charge in [0.2, 0.25) is 0 Å². The van der Waals surface area contributed by atoms with Crippen LogP contribution in [0.3, 0.4) is 0 Å². The molecule has 6 heteroatoms. The fourth-order valence-corrected chi connectivity index (χ4v) is 3.85. The van der Waals surface area contributed by atoms with Gasteiger partial charge >= 0.3 is 0 Å². The van der Waals surface area contributed by atoms with Crippen LogP contribution >= 0.6 is 0 Å². The maximum atomic E-state index is 12.9. The molecule has 0 saturated heterocycles. The summed E-state index contributed by atoms with van der Waals surface area (Å²) >= 11 is 0. The number of nitrogens with zero attached hydrogens (tertiary/aromatic N) is 1. The van der Waals surface area contributed by atoms with Gasteiger partial charge in [-0.05, 0) is 50.1 Å². The molecule has 140 valence electrons. The first kappa shape index (κ1) is 20.0. The molecule has 0 heterocycles. The van der Waals surface area contributed by atoms with Crippen LogP contribution in [0, 0.1) is 6.92 Å². The molecule has 0 radical (unpaired) electrons. The number of hydrogen-bond acceptors (Lipinski definition) is 3. The van der Waals surface area contributed by atoms with Gasteiger partial charge in [-0.15, -0.1) is 0 Å². The molecule has 1 N–H and O–H groups in total. The van der Waals surface area contributed by atoms with E-state index < -0.39 is 10.0 Å². The van der Waals surface area contributed by atoms with Crippen LogP contribution in [0.15, 0.2) is 53.4 Å². The van der Waals surface area contributed by atoms with Gasteiger partial charge in [-0.2, -0.15) is 0 Å². The van der Waals surface area contributed by atoms with Crippen molar-refractivity contribution >= 4 is 21.6 Å². The molecule has 0 aliphatic carbocycles. The molecule has 0 saturated carbocycles. The summed E-state index contributed by atoms with van der Waals surface area (Å²) in [4.78, 5) is 12.5. The number of hydrogen-bond donors (Lipinski definition) is 1. The van der Waals surface area contributed by atoms with Crippen molar-refractivity contribution < 1.29 is 13.2 Å². The summed E-state index contributed by atoms with van der Waals surface area (Å²) in [7, 11) is -2.24. The summed E-state index contributed by atoms with van der Waals surface area (Å²) in [6.07, 6.45) is 1.66. The van der Waals surface area contributed by atoms with Gasteiger partial charge in [0.15, 0.2) is 0 Å². The van der Waals surface area contributed by atoms with Gasteiger partial charge in [-0.3, -0.25) is 9.10 Å². The smallest absolute Gasteiger partial charge is 0.264 e. The van der Waals surface area contributed by atoms with Crippen molar-refractivity contribution in [2.24, 2.45) is 0 Å². The monoisotopic (exact) mass is 374 g/mol. The van der Waals surface area contributed by atoms with Gasteiger partial charge in [0.05, 0.1) is 10.6 Å². The van der Waals surface area contributed by atoms with Crippen molar-refractivity contribution in [3.05, 3.63) is 59.7 Å². The van der Waals surface area contributed by atoms with E-state index in [-0.39, 0.29) is 16.8 Å². The lowest BCUT2D eigenvalue weighted by molar-refractivity contribution is 0.0934. The van der Waals surface area contributed by atoms with E-state index in [1.165, 1.54) is 23.5 Å². The van der Waals surface area contributed by atoms with E-state index >= 15 is 0 Å². The van der Waals surface area contributed by atoms with Gasteiger partial charge in [-0.1, -0.05) is 37.6 Å². The standard InChI is InChI=1S/C20H26N2O3S/c1-5-17(6-2)21-20(23)16-8-7-9-19(14-16)26(24,25)22(4)18-12-10-15(3)11-13-18/h7-14,17H,5-6H2,1-4H3,(H,21,23). The summed E-state index contributed by atoms with van der Waals surface area (Å²) in [6, 6.07) is 13.5. The van der Waals surface area contributed by atoms with Crippen LogP contribution in [-0.4, -0.2) is 27.4 Å². The number of amides is 1. The first-order valence-electron chi connectivity index (χ1n) is 8.76. The average molecular weight is 375 g/mol. The molecule has 0 unspecified atom stereocenters. The molecule has 0 aromatic heterocycles. The van der Waals surface area contributed by atoms with Gasteiger partial charge < -0.3 is 5.32 Å². The van der Waals surface area contributed by atoms with Crippen LogP contribution in [0.1, 0.15) is 42.6 Å². The lowest BCUT2D eigenvalue weighted by atomic mass is 10.1. The van der Waals surface area contributed by atoms with Crippen LogP contribution in [-0.2, 0) is 10.0 Å². The number of nitrogens with one attached hydrogen (secondary N) is 1. The van der Waals surface area contributed by atoms with Gasteiger partial charge in [0, 0.05) is 18.7 Å². The maximum Gasteiger partial charge on any atom is 0.264 e. The molecule has 2 aromatic rings. The number of benzene rings is 2. The molecule has 0 spiro atoms. The lowest BCUT2D eigenvalue weighted by Gasteiger charge is -2.20. The molecule has 0 fully saturated rings. The molecule has 0 atom stereocenters. The van der Waals surface area contributed by atoms with Gasteiger partial charge in [0.1, 0.15) is 0 Å². The second-order valence-electron chi connectivity index (χ2n) is 6.32. The molecule has 26 heavy (non-hydrogen) atoms. The Morgan fingerprint density at radius 1 is 1.08 bits per heavy atom. The van der Waals surface area contributed by atoms with E-state index in [1.54, 1.807) is 24.3 Å². The zero-order chi connectivity index (χ0) is 19.3. The zero-order valence-corrected chi connectivity index (χ0v) is 16.5. The molecule has 0 bridgehead atoms. The van der Waals surface area contributed by atoms with Crippen LogP contribution in [0.5, 0.6) is 0 Å². The highest BCUT2D eigenvalue weighted by molar-refractivity contribution is 7.92. The first-order valence-corrected chi connectivity index (χ1v) is 10.2. The second-order valence-corrected chi connectivity index (χ2v) is 8.29. The summed E-state index contributed by atoms with van der Waals surface area (Å²) in [5.74, 6) is -0.256. The normalized spacial score (nSPS) is 11.4. The highest BCUT2D eigenvalue weighted by Crippen LogP contribution is 2.23. The van der Waals surface area contributed by atoms with Crippen LogP contribution in [0.4, 0.5) is 5.69 Å². The van der Waals surface area contributed by atoms with E-state index in [4.69, 9.17) is 0 Å². The number of carbonyl (C=O) groups is 1. The third-order valence-electron chi connectivity index (χ3n) is 4.47. The van der Waals surface area contributed by atoms with Crippen molar-refractivity contribution in [3.63, 3.8) is 0 Å². The molecule has 1 amide bonds. The fourth-order valence-electron chi connectivity index (χ4n) is 2.61. The third-order valence-corrected chi connectivity index (χ3v) is 6.25. The summed E-state index contributed by atoms with van der Waals surface area (Å²) in [5.41, 5.74) is 1.97. The molecule has 0 aliphatic heterocycles. The predicted octanol–water partition coefficient (Wildman–Crippen LogP) is 3.74. The first-order chi connectivity index (χ1) is 12.3. The van der Waals surface area contributed by atoms with Gasteiger partial charge in [0.25, 0.3) is 15.9 Å². The predicted molar refractivity (Wildman–Crippen MR) is 105 cm³/mol. The summed E-state index contributed by atoms with van der Waals surface area (Å²) in [5, 5.41) is 2.93. The Bertz CT molecular complexity index is 857. The topological polar surface area (TPSA) is 66.5 Å². The van der Waals surface area contributed by atoms with E-state index in [0.29, 0.717) is 11.3 Å². The lowest BCUT2D eigenvalue weighted by Crippen LogP contribution is -2.34. The average Bonchev–Trinajstić information content (AvgIpc) is 2.66. The van der Waals surface area contributed by atoms with Crippen molar-refractivity contribution in [3.8, 4) is 0 Å². The second kappa shape index (κ2) is 8.36. The minimum absolute atomic E-state index is 0.0815. The van der Waals surface area contributed by atoms with Crippen molar-refractivity contribution in [2.45, 2.75) is 44.6 Å². The Balaban J connectivity index is 2.30. The summed E-state index contributed by atoms with van der Waals surface area (Å²) in [6.45, 7) is 5.96. The van der Waals surface area contributed by atoms with E-state index in [9.17, 15) is 13.2 Å². The van der Waals surface area contributed by atoms with Crippen LogP contribution in [0.2, 0.25) is 0 Å². The SMILES string of the molecule is CCC(CC)NC(=O)c1cccc(S(=O)(=O)N(C)c2ccc(C)cc2)c1.